The van der Waals surface area contributed by atoms with E-state index < -0.39 is 5.97 Å². The quantitative estimate of drug-likeness (QED) is 0.685. The summed E-state index contributed by atoms with van der Waals surface area (Å²) in [6, 6.07) is 9.64. The number of rotatable bonds is 6. The van der Waals surface area contributed by atoms with Crippen molar-refractivity contribution in [1.29, 1.82) is 0 Å². The van der Waals surface area contributed by atoms with Gasteiger partial charge in [-0.1, -0.05) is 37.3 Å². The van der Waals surface area contributed by atoms with Gasteiger partial charge in [0.05, 0.1) is 5.92 Å². The molecule has 1 aromatic carbocycles. The second kappa shape index (κ2) is 7.06. The molecule has 0 aromatic heterocycles. The summed E-state index contributed by atoms with van der Waals surface area (Å²) in [5, 5.41) is 10.9. The van der Waals surface area contributed by atoms with E-state index in [1.54, 1.807) is 0 Å². The van der Waals surface area contributed by atoms with Crippen molar-refractivity contribution in [2.45, 2.75) is 12.8 Å². The first-order valence-electron chi connectivity index (χ1n) is 5.71. The zero-order valence-electron chi connectivity index (χ0n) is 10.2. The molecule has 0 radical (unpaired) electrons. The average Bonchev–Trinajstić information content (AvgIpc) is 2.38. The van der Waals surface area contributed by atoms with Crippen LogP contribution < -0.4 is 5.32 Å². The number of carbonyl (C=O) groups excluding carboxylic acids is 1. The lowest BCUT2D eigenvalue weighted by molar-refractivity contribution is -0.138. The van der Waals surface area contributed by atoms with E-state index in [9.17, 15) is 9.59 Å². The number of nitrogens with one attached hydrogen (secondary N) is 1. The molecule has 0 spiro atoms. The zero-order valence-corrected chi connectivity index (χ0v) is 11.1. The van der Waals surface area contributed by atoms with Crippen molar-refractivity contribution in [1.82, 2.24) is 5.32 Å². The van der Waals surface area contributed by atoms with E-state index in [0.29, 0.717) is 5.75 Å². The fraction of sp³-hybridized carbons (Fsp3) is 0.385. The van der Waals surface area contributed by atoms with Crippen molar-refractivity contribution in [3.8, 4) is 0 Å². The summed E-state index contributed by atoms with van der Waals surface area (Å²) in [5.41, 5.74) is 1.04. The molecule has 2 atom stereocenters. The highest BCUT2D eigenvalue weighted by molar-refractivity contribution is 7.80. The van der Waals surface area contributed by atoms with Crippen LogP contribution in [0.4, 0.5) is 0 Å². The van der Waals surface area contributed by atoms with E-state index in [-0.39, 0.29) is 24.3 Å². The van der Waals surface area contributed by atoms with E-state index >= 15 is 0 Å². The lowest BCUT2D eigenvalue weighted by Gasteiger charge is -2.21. The van der Waals surface area contributed by atoms with E-state index in [0.717, 1.165) is 5.56 Å². The fourth-order valence-electron chi connectivity index (χ4n) is 1.75. The molecule has 5 heteroatoms. The molecule has 4 nitrogen and oxygen atoms in total. The minimum atomic E-state index is -1.05. The van der Waals surface area contributed by atoms with Gasteiger partial charge in [0.25, 0.3) is 0 Å². The van der Waals surface area contributed by atoms with Gasteiger partial charge in [-0.05, 0) is 11.5 Å². The van der Waals surface area contributed by atoms with Crippen molar-refractivity contribution in [2.24, 2.45) is 5.92 Å². The van der Waals surface area contributed by atoms with Gasteiger partial charge in [-0.25, -0.2) is 0 Å². The highest BCUT2D eigenvalue weighted by atomic mass is 32.1. The topological polar surface area (TPSA) is 66.4 Å². The molecule has 0 bridgehead atoms. The van der Waals surface area contributed by atoms with Crippen LogP contribution in [0.1, 0.15) is 18.4 Å². The number of carboxylic acid groups (broad SMARTS) is 1. The van der Waals surface area contributed by atoms with Crippen LogP contribution in [0.25, 0.3) is 0 Å². The molecule has 2 unspecified atom stereocenters. The van der Waals surface area contributed by atoms with E-state index in [1.807, 2.05) is 37.3 Å². The Morgan fingerprint density at radius 2 is 1.94 bits per heavy atom. The van der Waals surface area contributed by atoms with Crippen molar-refractivity contribution < 1.29 is 14.7 Å². The molecule has 2 N–H and O–H groups in total. The van der Waals surface area contributed by atoms with Gasteiger partial charge < -0.3 is 10.4 Å². The smallest absolute Gasteiger partial charge is 0.322 e. The molecule has 98 valence electrons. The van der Waals surface area contributed by atoms with Crippen LogP contribution in [-0.2, 0) is 9.59 Å². The number of benzene rings is 1. The maximum absolute atomic E-state index is 11.9. The fourth-order valence-corrected chi connectivity index (χ4v) is 2.23. The second-order valence-electron chi connectivity index (χ2n) is 4.10. The first-order chi connectivity index (χ1) is 8.56. The summed E-state index contributed by atoms with van der Waals surface area (Å²) < 4.78 is 0. The summed E-state index contributed by atoms with van der Waals surface area (Å²) in [7, 11) is 0. The minimum absolute atomic E-state index is 0.00232. The zero-order chi connectivity index (χ0) is 13.5. The van der Waals surface area contributed by atoms with Crippen molar-refractivity contribution >= 4 is 24.5 Å². The van der Waals surface area contributed by atoms with Gasteiger partial charge in [-0.15, -0.1) is 0 Å². The van der Waals surface area contributed by atoms with Crippen LogP contribution >= 0.6 is 12.6 Å². The summed E-state index contributed by atoms with van der Waals surface area (Å²) in [6.07, 6.45) is 0. The van der Waals surface area contributed by atoms with Crippen LogP contribution in [0.2, 0.25) is 0 Å². The Hall–Kier alpha value is -1.49. The van der Waals surface area contributed by atoms with Gasteiger partial charge in [0, 0.05) is 5.75 Å². The standard InChI is InChI=1S/C13H17NO3S/c1-9(10-5-3-2-4-6-10)11(8-18)13(17)14-7-12(15)16/h2-6,9,11,18H,7-8H2,1H3,(H,14,17)(H,15,16). The molecule has 0 saturated carbocycles. The number of hydrogen-bond acceptors (Lipinski definition) is 3. The first kappa shape index (κ1) is 14.6. The van der Waals surface area contributed by atoms with Crippen LogP contribution in [-0.4, -0.2) is 29.3 Å². The molecule has 0 aliphatic carbocycles. The van der Waals surface area contributed by atoms with E-state index in [1.165, 1.54) is 0 Å². The van der Waals surface area contributed by atoms with Gasteiger partial charge in [0.15, 0.2) is 0 Å². The Morgan fingerprint density at radius 3 is 2.44 bits per heavy atom. The van der Waals surface area contributed by atoms with Gasteiger partial charge in [0.1, 0.15) is 6.54 Å². The normalized spacial score (nSPS) is 13.7. The monoisotopic (exact) mass is 267 g/mol. The molecule has 0 saturated heterocycles. The van der Waals surface area contributed by atoms with Crippen molar-refractivity contribution in [2.75, 3.05) is 12.3 Å². The Kier molecular flexibility index (Phi) is 5.71. The third kappa shape index (κ3) is 4.07. The molecular weight excluding hydrogens is 250 g/mol. The number of hydrogen-bond donors (Lipinski definition) is 3. The summed E-state index contributed by atoms with van der Waals surface area (Å²) in [4.78, 5) is 22.3. The predicted octanol–water partition coefficient (Wildman–Crippen LogP) is 1.54. The number of carboxylic acids is 1. The largest absolute Gasteiger partial charge is 0.480 e. The van der Waals surface area contributed by atoms with E-state index in [4.69, 9.17) is 5.11 Å². The maximum Gasteiger partial charge on any atom is 0.322 e. The van der Waals surface area contributed by atoms with Crippen LogP contribution in [0.15, 0.2) is 30.3 Å². The number of aliphatic carboxylic acids is 1. The lowest BCUT2D eigenvalue weighted by Crippen LogP contribution is -2.37. The summed E-state index contributed by atoms with van der Waals surface area (Å²) in [5.74, 6) is -1.29. The molecule has 1 aromatic rings. The van der Waals surface area contributed by atoms with Crippen LogP contribution in [0.5, 0.6) is 0 Å². The SMILES string of the molecule is CC(c1ccccc1)C(CS)C(=O)NCC(=O)O. The molecule has 1 amide bonds. The van der Waals surface area contributed by atoms with Gasteiger partial charge in [-0.2, -0.15) is 12.6 Å². The maximum atomic E-state index is 11.9. The predicted molar refractivity (Wildman–Crippen MR) is 72.8 cm³/mol. The van der Waals surface area contributed by atoms with Crippen LogP contribution in [0, 0.1) is 5.92 Å². The molecule has 18 heavy (non-hydrogen) atoms. The molecule has 0 aliphatic rings. The highest BCUT2D eigenvalue weighted by Gasteiger charge is 2.25. The Morgan fingerprint density at radius 1 is 1.33 bits per heavy atom. The Balaban J connectivity index is 2.71. The van der Waals surface area contributed by atoms with E-state index in [2.05, 4.69) is 17.9 Å². The van der Waals surface area contributed by atoms with Crippen LogP contribution in [0.3, 0.4) is 0 Å². The van der Waals surface area contributed by atoms with Gasteiger partial charge in [0.2, 0.25) is 5.91 Å². The molecule has 0 heterocycles. The average molecular weight is 267 g/mol. The third-order valence-electron chi connectivity index (χ3n) is 2.88. The molecule has 0 aliphatic heterocycles. The number of thiol groups is 1. The Labute approximate surface area is 112 Å². The highest BCUT2D eigenvalue weighted by Crippen LogP contribution is 2.25. The second-order valence-corrected chi connectivity index (χ2v) is 4.47. The number of amides is 1. The lowest BCUT2D eigenvalue weighted by atomic mass is 9.88. The van der Waals surface area contributed by atoms with Crippen molar-refractivity contribution in [3.63, 3.8) is 0 Å². The molecule has 1 rings (SSSR count). The van der Waals surface area contributed by atoms with Crippen molar-refractivity contribution in [3.05, 3.63) is 35.9 Å². The first-order valence-corrected chi connectivity index (χ1v) is 6.34. The van der Waals surface area contributed by atoms with Gasteiger partial charge in [-0.3, -0.25) is 9.59 Å². The Bertz CT molecular complexity index is 408. The molecular formula is C13H17NO3S. The number of carbonyl (C=O) groups is 2. The summed E-state index contributed by atoms with van der Waals surface area (Å²) in [6.45, 7) is 1.58. The van der Waals surface area contributed by atoms with Gasteiger partial charge >= 0.3 is 5.97 Å². The third-order valence-corrected chi connectivity index (χ3v) is 3.27. The summed E-state index contributed by atoms with van der Waals surface area (Å²) >= 11 is 4.18. The molecule has 0 fully saturated rings. The minimum Gasteiger partial charge on any atom is -0.480 e.